The number of nitrogens with one attached hydrogen (secondary N) is 1. The Labute approximate surface area is 109 Å². The number of carbonyl (C=O) groups is 2. The number of hydrogen-bond donors (Lipinski definition) is 2. The highest BCUT2D eigenvalue weighted by Crippen LogP contribution is 2.15. The first-order chi connectivity index (χ1) is 9.13. The lowest BCUT2D eigenvalue weighted by molar-refractivity contribution is -0.138. The Morgan fingerprint density at radius 2 is 2.26 bits per heavy atom. The molecule has 0 spiro atoms. The zero-order chi connectivity index (χ0) is 13.8. The van der Waals surface area contributed by atoms with Crippen molar-refractivity contribution < 1.29 is 19.4 Å². The molecule has 2 rings (SSSR count). The quantitative estimate of drug-likeness (QED) is 0.680. The van der Waals surface area contributed by atoms with Gasteiger partial charge in [0.2, 0.25) is 0 Å². The highest BCUT2D eigenvalue weighted by Gasteiger charge is 2.29. The van der Waals surface area contributed by atoms with E-state index < -0.39 is 18.0 Å². The van der Waals surface area contributed by atoms with Crippen LogP contribution in [-0.4, -0.2) is 60.0 Å². The first kappa shape index (κ1) is 13.2. The summed E-state index contributed by atoms with van der Waals surface area (Å²) in [5.74, 6) is -1.07. The number of piperazine rings is 1. The topological polar surface area (TPSA) is 105 Å². The molecule has 1 aliphatic rings. The second-order valence-electron chi connectivity index (χ2n) is 4.02. The van der Waals surface area contributed by atoms with Gasteiger partial charge in [-0.15, -0.1) is 10.2 Å². The van der Waals surface area contributed by atoms with Gasteiger partial charge in [-0.1, -0.05) is 0 Å². The lowest BCUT2D eigenvalue weighted by Crippen LogP contribution is -2.55. The van der Waals surface area contributed by atoms with Crippen molar-refractivity contribution in [1.82, 2.24) is 15.5 Å². The minimum Gasteiger partial charge on any atom is -0.480 e. The number of ether oxygens (including phenoxy) is 1. The molecule has 2 heterocycles. The molecule has 8 heteroatoms. The highest BCUT2D eigenvalue weighted by molar-refractivity contribution is 5.87. The number of esters is 1. The van der Waals surface area contributed by atoms with Crippen LogP contribution in [0.5, 0.6) is 0 Å². The van der Waals surface area contributed by atoms with Crippen LogP contribution in [0.1, 0.15) is 10.5 Å². The van der Waals surface area contributed by atoms with Gasteiger partial charge >= 0.3 is 11.9 Å². The van der Waals surface area contributed by atoms with E-state index in [4.69, 9.17) is 5.11 Å². The molecule has 1 aliphatic heterocycles. The molecule has 0 bridgehead atoms. The molecule has 19 heavy (non-hydrogen) atoms. The van der Waals surface area contributed by atoms with Crippen molar-refractivity contribution in [3.8, 4) is 0 Å². The molecule has 1 aromatic heterocycles. The Morgan fingerprint density at radius 3 is 2.84 bits per heavy atom. The van der Waals surface area contributed by atoms with Crippen molar-refractivity contribution in [2.75, 3.05) is 31.6 Å². The first-order valence-electron chi connectivity index (χ1n) is 5.75. The van der Waals surface area contributed by atoms with Crippen molar-refractivity contribution in [3.63, 3.8) is 0 Å². The molecule has 1 fully saturated rings. The Kier molecular flexibility index (Phi) is 3.91. The van der Waals surface area contributed by atoms with E-state index in [2.05, 4.69) is 20.3 Å². The summed E-state index contributed by atoms with van der Waals surface area (Å²) in [5, 5.41) is 19.8. The molecule has 0 amide bonds. The summed E-state index contributed by atoms with van der Waals surface area (Å²) >= 11 is 0. The minimum atomic E-state index is -0.925. The van der Waals surface area contributed by atoms with E-state index in [1.165, 1.54) is 13.2 Å². The van der Waals surface area contributed by atoms with E-state index >= 15 is 0 Å². The lowest BCUT2D eigenvalue weighted by Gasteiger charge is -2.33. The van der Waals surface area contributed by atoms with E-state index in [0.717, 1.165) is 0 Å². The van der Waals surface area contributed by atoms with Crippen LogP contribution in [0.15, 0.2) is 12.1 Å². The molecular formula is C11H14N4O4. The predicted octanol–water partition coefficient (Wildman–Crippen LogP) is -0.874. The van der Waals surface area contributed by atoms with Gasteiger partial charge in [0.1, 0.15) is 6.04 Å². The molecule has 2 N–H and O–H groups in total. The third kappa shape index (κ3) is 2.79. The van der Waals surface area contributed by atoms with Gasteiger partial charge in [0.25, 0.3) is 0 Å². The summed E-state index contributed by atoms with van der Waals surface area (Å²) in [6.07, 6.45) is 0. The van der Waals surface area contributed by atoms with Crippen molar-refractivity contribution in [2.24, 2.45) is 0 Å². The van der Waals surface area contributed by atoms with Crippen LogP contribution in [-0.2, 0) is 9.53 Å². The Hall–Kier alpha value is -2.22. The van der Waals surface area contributed by atoms with Crippen molar-refractivity contribution in [2.45, 2.75) is 6.04 Å². The van der Waals surface area contributed by atoms with Gasteiger partial charge in [0, 0.05) is 19.6 Å². The summed E-state index contributed by atoms with van der Waals surface area (Å²) in [6, 6.07) is 2.35. The zero-order valence-electron chi connectivity index (χ0n) is 10.4. The number of carboxylic acids is 1. The lowest BCUT2D eigenvalue weighted by atomic mass is 10.2. The van der Waals surface area contributed by atoms with E-state index in [1.807, 2.05) is 0 Å². The highest BCUT2D eigenvalue weighted by atomic mass is 16.5. The summed E-state index contributed by atoms with van der Waals surface area (Å²) < 4.78 is 4.52. The monoisotopic (exact) mass is 266 g/mol. The number of nitrogens with zero attached hydrogens (tertiary/aromatic N) is 3. The number of rotatable bonds is 3. The SMILES string of the molecule is COC(=O)c1ccc(N2CCNCC2C(=O)O)nn1. The van der Waals surface area contributed by atoms with E-state index in [-0.39, 0.29) is 5.69 Å². The van der Waals surface area contributed by atoms with Crippen LogP contribution in [0.25, 0.3) is 0 Å². The van der Waals surface area contributed by atoms with Gasteiger partial charge in [-0.05, 0) is 12.1 Å². The van der Waals surface area contributed by atoms with Crippen LogP contribution in [0.3, 0.4) is 0 Å². The first-order valence-corrected chi connectivity index (χ1v) is 5.75. The molecule has 8 nitrogen and oxygen atoms in total. The smallest absolute Gasteiger partial charge is 0.358 e. The average Bonchev–Trinajstić information content (AvgIpc) is 2.46. The van der Waals surface area contributed by atoms with Crippen LogP contribution < -0.4 is 10.2 Å². The number of aliphatic carboxylic acids is 1. The van der Waals surface area contributed by atoms with Gasteiger partial charge in [0.05, 0.1) is 7.11 Å². The van der Waals surface area contributed by atoms with E-state index in [1.54, 1.807) is 11.0 Å². The molecule has 1 saturated heterocycles. The largest absolute Gasteiger partial charge is 0.480 e. The third-order valence-corrected chi connectivity index (χ3v) is 2.87. The summed E-state index contributed by atoms with van der Waals surface area (Å²) in [4.78, 5) is 24.0. The number of carbonyl (C=O) groups excluding carboxylic acids is 1. The van der Waals surface area contributed by atoms with Crippen LogP contribution in [0.2, 0.25) is 0 Å². The molecule has 1 aromatic rings. The molecule has 0 saturated carbocycles. The number of hydrogen-bond acceptors (Lipinski definition) is 7. The van der Waals surface area contributed by atoms with Crippen molar-refractivity contribution >= 4 is 17.8 Å². The second kappa shape index (κ2) is 5.61. The van der Waals surface area contributed by atoms with Crippen LogP contribution in [0, 0.1) is 0 Å². The van der Waals surface area contributed by atoms with Gasteiger partial charge in [-0.3, -0.25) is 0 Å². The van der Waals surface area contributed by atoms with Gasteiger partial charge in [0.15, 0.2) is 11.5 Å². The molecular weight excluding hydrogens is 252 g/mol. The molecule has 1 atom stereocenters. The van der Waals surface area contributed by atoms with Crippen LogP contribution >= 0.6 is 0 Å². The second-order valence-corrected chi connectivity index (χ2v) is 4.02. The maximum atomic E-state index is 11.2. The molecule has 0 aromatic carbocycles. The predicted molar refractivity (Wildman–Crippen MR) is 65.0 cm³/mol. The maximum Gasteiger partial charge on any atom is 0.358 e. The maximum absolute atomic E-state index is 11.2. The Bertz CT molecular complexity index is 476. The fraction of sp³-hybridized carbons (Fsp3) is 0.455. The summed E-state index contributed by atoms with van der Waals surface area (Å²) in [6.45, 7) is 1.53. The molecule has 1 unspecified atom stereocenters. The van der Waals surface area contributed by atoms with Gasteiger partial charge in [-0.25, -0.2) is 9.59 Å². The van der Waals surface area contributed by atoms with Crippen molar-refractivity contribution in [3.05, 3.63) is 17.8 Å². The minimum absolute atomic E-state index is 0.0910. The van der Waals surface area contributed by atoms with Gasteiger partial charge < -0.3 is 20.1 Å². The van der Waals surface area contributed by atoms with E-state index in [9.17, 15) is 9.59 Å². The average molecular weight is 266 g/mol. The third-order valence-electron chi connectivity index (χ3n) is 2.87. The zero-order valence-corrected chi connectivity index (χ0v) is 10.4. The Morgan fingerprint density at radius 1 is 1.47 bits per heavy atom. The standard InChI is InChI=1S/C11H14N4O4/c1-19-11(18)7-2-3-9(14-13-7)15-5-4-12-6-8(15)10(16)17/h2-3,8,12H,4-6H2,1H3,(H,16,17). The fourth-order valence-corrected chi connectivity index (χ4v) is 1.89. The number of methoxy groups -OCH3 is 1. The van der Waals surface area contributed by atoms with Crippen molar-refractivity contribution in [1.29, 1.82) is 0 Å². The number of aromatic nitrogens is 2. The molecule has 0 aliphatic carbocycles. The van der Waals surface area contributed by atoms with Crippen LogP contribution in [0.4, 0.5) is 5.82 Å². The van der Waals surface area contributed by atoms with E-state index in [0.29, 0.717) is 25.5 Å². The molecule has 0 radical (unpaired) electrons. The molecule has 102 valence electrons. The summed E-state index contributed by atoms with van der Waals surface area (Å²) in [7, 11) is 1.26. The fourth-order valence-electron chi connectivity index (χ4n) is 1.89. The normalized spacial score (nSPS) is 19.0. The number of carboxylic acid groups (broad SMARTS) is 1. The Balaban J connectivity index is 2.20. The van der Waals surface area contributed by atoms with Gasteiger partial charge in [-0.2, -0.15) is 0 Å². The summed E-state index contributed by atoms with van der Waals surface area (Å²) in [5.41, 5.74) is 0.0910. The number of anilines is 1.